The van der Waals surface area contributed by atoms with E-state index in [1.165, 1.54) is 61.6 Å². The molecule has 38 heteroatoms. The molecular formula is C56H91N14O24+. The van der Waals surface area contributed by atoms with E-state index >= 15 is 0 Å². The van der Waals surface area contributed by atoms with Crippen LogP contribution in [0.2, 0.25) is 0 Å². The average molecular weight is 1340 g/mol. The number of aliphatic hydroxyl groups excluding tert-OH is 3. The SMILES string of the molecule is CC(C)[C@H](NC(=O)CNC(=O)[C@H](CO)NC(=O)C(CCc1c[n+](CC(O)CCC(N)C(=O)O)cc(O)c1CC(NC(=O)[C@@H](NC(=O)[C@@H](N)CC(=O)O)C(C)C)C(=O)N[C@@H](CO)C(=O)NCC(=O)N[C@H](C(=O)O)C(C)C)NC(=O)[C@@H](NC(=O)[C@@H](N)CC(=O)O)C(C)C)C(=O)O. The van der Waals surface area contributed by atoms with Gasteiger partial charge in [0.15, 0.2) is 18.5 Å². The Morgan fingerprint density at radius 1 is 0.436 bits per heavy atom. The lowest BCUT2D eigenvalue weighted by Crippen LogP contribution is -2.60. The highest BCUT2D eigenvalue weighted by Crippen LogP contribution is 2.24. The second-order valence-electron chi connectivity index (χ2n) is 23.4. The summed E-state index contributed by atoms with van der Waals surface area (Å²) in [6.45, 7) is 7.06. The smallest absolute Gasteiger partial charge is 0.326 e. The summed E-state index contributed by atoms with van der Waals surface area (Å²) in [5.74, 6) is -22.6. The molecule has 0 aliphatic rings. The minimum absolute atomic E-state index is 0.137. The number of hydrogen-bond donors (Lipinski definition) is 22. The fourth-order valence-electron chi connectivity index (χ4n) is 8.75. The van der Waals surface area contributed by atoms with Gasteiger partial charge in [-0.1, -0.05) is 55.4 Å². The molecule has 0 bridgehead atoms. The molecule has 528 valence electrons. The van der Waals surface area contributed by atoms with Gasteiger partial charge < -0.3 is 116 Å². The lowest BCUT2D eigenvalue weighted by molar-refractivity contribution is -0.704. The fourth-order valence-corrected chi connectivity index (χ4v) is 8.75. The van der Waals surface area contributed by atoms with Gasteiger partial charge in [-0.05, 0) is 49.4 Å². The molecule has 0 spiro atoms. The Hall–Kier alpha value is -9.24. The molecule has 0 aliphatic heterocycles. The second-order valence-corrected chi connectivity index (χ2v) is 23.4. The van der Waals surface area contributed by atoms with E-state index in [9.17, 15) is 118 Å². The van der Waals surface area contributed by atoms with E-state index in [1.807, 2.05) is 0 Å². The van der Waals surface area contributed by atoms with E-state index in [2.05, 4.69) is 53.2 Å². The number of aromatic hydroxyl groups is 1. The van der Waals surface area contributed by atoms with Gasteiger partial charge in [-0.3, -0.25) is 62.3 Å². The molecule has 1 rings (SSSR count). The highest BCUT2D eigenvalue weighted by molar-refractivity contribution is 5.98. The number of aliphatic hydroxyl groups is 3. The Labute approximate surface area is 539 Å². The number of aromatic nitrogens is 1. The molecule has 12 atom stereocenters. The molecular weight excluding hydrogens is 1250 g/mol. The highest BCUT2D eigenvalue weighted by atomic mass is 16.4. The lowest BCUT2D eigenvalue weighted by Gasteiger charge is -2.28. The van der Waals surface area contributed by atoms with Crippen LogP contribution in [0.15, 0.2) is 12.4 Å². The van der Waals surface area contributed by atoms with Crippen molar-refractivity contribution in [2.24, 2.45) is 40.9 Å². The van der Waals surface area contributed by atoms with Gasteiger partial charge in [-0.15, -0.1) is 0 Å². The number of carboxylic acids is 5. The zero-order chi connectivity index (χ0) is 72.2. The number of carbonyl (C=O) groups excluding carboxylic acids is 10. The van der Waals surface area contributed by atoms with Gasteiger partial charge in [0.05, 0.1) is 51.2 Å². The second kappa shape index (κ2) is 40.0. The first-order valence-electron chi connectivity index (χ1n) is 29.6. The maximum Gasteiger partial charge on any atom is 0.326 e. The fraction of sp³-hybridized carbons (Fsp3) is 0.643. The Morgan fingerprint density at radius 3 is 1.18 bits per heavy atom. The first kappa shape index (κ1) is 82.8. The summed E-state index contributed by atoms with van der Waals surface area (Å²) < 4.78 is 1.16. The molecule has 0 aliphatic carbocycles. The molecule has 94 heavy (non-hydrogen) atoms. The molecule has 38 nitrogen and oxygen atoms in total. The predicted molar refractivity (Wildman–Crippen MR) is 322 cm³/mol. The van der Waals surface area contributed by atoms with Gasteiger partial charge in [0.1, 0.15) is 60.5 Å². The van der Waals surface area contributed by atoms with E-state index in [0.717, 1.165) is 10.8 Å². The van der Waals surface area contributed by atoms with Crippen molar-refractivity contribution in [2.45, 2.75) is 179 Å². The third-order valence-corrected chi connectivity index (χ3v) is 14.2. The molecule has 10 amide bonds. The van der Waals surface area contributed by atoms with Crippen LogP contribution in [0.5, 0.6) is 5.75 Å². The molecule has 1 aromatic rings. The third kappa shape index (κ3) is 28.7. The zero-order valence-electron chi connectivity index (χ0n) is 53.2. The maximum absolute atomic E-state index is 14.6. The first-order chi connectivity index (χ1) is 43.6. The highest BCUT2D eigenvalue weighted by Gasteiger charge is 2.37. The van der Waals surface area contributed by atoms with Crippen molar-refractivity contribution in [3.05, 3.63) is 23.5 Å². The molecule has 0 fully saturated rings. The first-order valence-corrected chi connectivity index (χ1v) is 29.6. The number of nitrogens with zero attached hydrogens (tertiary/aromatic N) is 1. The number of carbonyl (C=O) groups is 15. The monoisotopic (exact) mass is 1340 g/mol. The average Bonchev–Trinajstić information content (AvgIpc) is 0.859. The summed E-state index contributed by atoms with van der Waals surface area (Å²) in [6.07, 6.45) is -3.61. The molecule has 4 unspecified atom stereocenters. The van der Waals surface area contributed by atoms with Crippen molar-refractivity contribution >= 4 is 88.9 Å². The summed E-state index contributed by atoms with van der Waals surface area (Å²) in [6, 6.07) is -18.7. The van der Waals surface area contributed by atoms with Gasteiger partial charge in [0.2, 0.25) is 65.3 Å². The van der Waals surface area contributed by atoms with Crippen molar-refractivity contribution in [1.82, 2.24) is 53.2 Å². The van der Waals surface area contributed by atoms with E-state index in [0.29, 0.717) is 0 Å². The standard InChI is InChI=1S/C56H90N14O24/c1-23(2)42(68-46(81)31(58)14-40(77)78)52(87)62-33(50(85)64-35(21-71)48(83)60-16-38(75)66-44(25(5)6)55(91)92)12-9-27-18-70(19-28(73)10-11-30(57)54(89)90)20-37(74)29(27)13-34(63-53(88)43(24(3)4)69-47(82)32(59)15-41(79)80)51(86)65-36(22-72)49(84)61-17-39(76)67-45(26(7)8)56(93)94/h18,20,23-26,28,30-36,42-45,71-73H,9-17,19,21-22,57-59H2,1-8H3,(H15-,60,61,62,63,64,65,66,67,68,69,74,75,76,77,78,79,80,81,82,83,84,85,86,87,88,89,90,91,92,93,94)/p+1/t28?,30?,31-,32-,33?,34?,35-,36-,42-,43-,44-,45-/m0/s1. The van der Waals surface area contributed by atoms with E-state index in [-0.39, 0.29) is 24.0 Å². The van der Waals surface area contributed by atoms with Crippen LogP contribution in [-0.2, 0) is 91.3 Å². The van der Waals surface area contributed by atoms with Crippen LogP contribution in [0.4, 0.5) is 0 Å². The molecule has 0 saturated heterocycles. The van der Waals surface area contributed by atoms with Gasteiger partial charge >= 0.3 is 29.8 Å². The van der Waals surface area contributed by atoms with Crippen LogP contribution in [-0.4, -0.2) is 234 Å². The summed E-state index contributed by atoms with van der Waals surface area (Å²) in [5.41, 5.74) is 16.7. The van der Waals surface area contributed by atoms with Crippen molar-refractivity contribution in [3.63, 3.8) is 0 Å². The minimum atomic E-state index is -2.04. The number of hydrogen-bond acceptors (Lipinski definition) is 22. The number of amides is 10. The Morgan fingerprint density at radius 2 is 0.819 bits per heavy atom. The Balaban J connectivity index is 4.29. The van der Waals surface area contributed by atoms with Gasteiger partial charge in [-0.25, -0.2) is 9.59 Å². The number of aliphatic carboxylic acids is 5. The summed E-state index contributed by atoms with van der Waals surface area (Å²) in [5, 5.41) is 113. The normalized spacial score (nSPS) is 15.1. The largest absolute Gasteiger partial charge is 0.503 e. The molecule has 25 N–H and O–H groups in total. The topological polar surface area (TPSA) is 640 Å². The van der Waals surface area contributed by atoms with Crippen LogP contribution in [0, 0.1) is 23.7 Å². The Bertz CT molecular complexity index is 2880. The van der Waals surface area contributed by atoms with Crippen molar-refractivity contribution in [1.29, 1.82) is 0 Å². The van der Waals surface area contributed by atoms with Crippen LogP contribution < -0.4 is 74.9 Å². The van der Waals surface area contributed by atoms with Crippen LogP contribution in [0.1, 0.15) is 98.6 Å². The van der Waals surface area contributed by atoms with E-state index in [4.69, 9.17) is 17.2 Å². The Kier molecular flexibility index (Phi) is 35.2. The van der Waals surface area contributed by atoms with Gasteiger partial charge in [0.25, 0.3) is 0 Å². The van der Waals surface area contributed by atoms with Crippen molar-refractivity contribution in [2.75, 3.05) is 26.3 Å². The van der Waals surface area contributed by atoms with Gasteiger partial charge in [-0.2, -0.15) is 4.57 Å². The van der Waals surface area contributed by atoms with Crippen molar-refractivity contribution in [3.8, 4) is 5.75 Å². The van der Waals surface area contributed by atoms with Crippen LogP contribution in [0.3, 0.4) is 0 Å². The van der Waals surface area contributed by atoms with Crippen molar-refractivity contribution < 1.29 is 122 Å². The third-order valence-electron chi connectivity index (χ3n) is 14.2. The number of rotatable bonds is 43. The van der Waals surface area contributed by atoms with Gasteiger partial charge in [0, 0.05) is 17.5 Å². The molecule has 0 radical (unpaired) electrons. The molecule has 1 aromatic heterocycles. The lowest BCUT2D eigenvalue weighted by atomic mass is 9.94. The molecule has 0 aromatic carbocycles. The van der Waals surface area contributed by atoms with E-state index in [1.54, 1.807) is 0 Å². The number of aryl methyl sites for hydroxylation is 1. The molecule has 0 saturated carbocycles. The number of carboxylic acid groups (broad SMARTS) is 5. The quantitative estimate of drug-likeness (QED) is 0.0270. The summed E-state index contributed by atoms with van der Waals surface area (Å²) in [4.78, 5) is 194. The maximum atomic E-state index is 14.6. The number of nitrogens with two attached hydrogens (primary N) is 3. The minimum Gasteiger partial charge on any atom is -0.503 e. The summed E-state index contributed by atoms with van der Waals surface area (Å²) in [7, 11) is 0. The number of nitrogens with one attached hydrogen (secondary N) is 10. The zero-order valence-corrected chi connectivity index (χ0v) is 53.2. The van der Waals surface area contributed by atoms with E-state index < -0.39 is 256 Å². The predicted octanol–water partition coefficient (Wildman–Crippen LogP) is -8.80. The van der Waals surface area contributed by atoms with Crippen LogP contribution >= 0.6 is 0 Å². The summed E-state index contributed by atoms with van der Waals surface area (Å²) >= 11 is 0. The van der Waals surface area contributed by atoms with Crippen LogP contribution in [0.25, 0.3) is 0 Å². The number of pyridine rings is 1. The molecule has 1 heterocycles.